The molecular formula is C23H20O9S. The average molecular weight is 472 g/mol. The Morgan fingerprint density at radius 2 is 1.82 bits per heavy atom. The number of aliphatic hydroxyl groups excluding tert-OH is 2. The van der Waals surface area contributed by atoms with E-state index in [0.29, 0.717) is 16.7 Å². The van der Waals surface area contributed by atoms with Gasteiger partial charge in [-0.3, -0.25) is 4.79 Å². The van der Waals surface area contributed by atoms with Gasteiger partial charge < -0.3 is 35.4 Å². The van der Waals surface area contributed by atoms with Gasteiger partial charge >= 0.3 is 5.97 Å². The van der Waals surface area contributed by atoms with Crippen LogP contribution in [0, 0.1) is 0 Å². The number of carboxylic acids is 1. The van der Waals surface area contributed by atoms with Crippen molar-refractivity contribution < 1.29 is 45.0 Å². The summed E-state index contributed by atoms with van der Waals surface area (Å²) >= 11 is 0.967. The number of aliphatic hydroxyl groups is 3. The Hall–Kier alpha value is -2.63. The predicted octanol–water partition coefficient (Wildman–Crippen LogP) is 0.998. The Morgan fingerprint density at radius 1 is 1.12 bits per heavy atom. The van der Waals surface area contributed by atoms with Crippen LogP contribution < -0.4 is 0 Å². The lowest BCUT2D eigenvalue weighted by Crippen LogP contribution is -2.53. The van der Waals surface area contributed by atoms with E-state index in [1.807, 2.05) is 0 Å². The molecule has 6 rings (SSSR count). The number of phenolic OH excluding ortho intramolecular Hbond substituents is 2. The molecule has 9 nitrogen and oxygen atoms in total. The first-order chi connectivity index (χ1) is 15.7. The normalized spacial score (nSPS) is 33.5. The van der Waals surface area contributed by atoms with Crippen LogP contribution in [0.25, 0.3) is 11.1 Å². The number of rotatable bonds is 4. The molecule has 10 heteroatoms. The Balaban J connectivity index is 1.62. The fourth-order valence-electron chi connectivity index (χ4n) is 5.88. The summed E-state index contributed by atoms with van der Waals surface area (Å²) < 4.78 is 5.74. The zero-order chi connectivity index (χ0) is 23.4. The van der Waals surface area contributed by atoms with E-state index >= 15 is 0 Å². The molecule has 6 N–H and O–H groups in total. The number of benzene rings is 2. The van der Waals surface area contributed by atoms with Gasteiger partial charge in [0.05, 0.1) is 11.7 Å². The van der Waals surface area contributed by atoms with Gasteiger partial charge in [-0.2, -0.15) is 11.8 Å². The minimum absolute atomic E-state index is 0.00855. The highest BCUT2D eigenvalue weighted by atomic mass is 32.2. The molecular weight excluding hydrogens is 452 g/mol. The third kappa shape index (κ3) is 2.58. The Bertz CT molecular complexity index is 1240. The quantitative estimate of drug-likeness (QED) is 0.353. The number of thioether (sulfide) groups is 1. The van der Waals surface area contributed by atoms with E-state index in [2.05, 4.69) is 0 Å². The van der Waals surface area contributed by atoms with Crippen LogP contribution in [0.1, 0.15) is 45.5 Å². The third-order valence-corrected chi connectivity index (χ3v) is 8.74. The highest BCUT2D eigenvalue weighted by Gasteiger charge is 2.67. The molecule has 0 saturated carbocycles. The molecule has 1 saturated heterocycles. The Labute approximate surface area is 191 Å². The maximum atomic E-state index is 13.1. The van der Waals surface area contributed by atoms with Gasteiger partial charge in [0.15, 0.2) is 11.9 Å². The summed E-state index contributed by atoms with van der Waals surface area (Å²) in [6.07, 6.45) is -4.22. The number of hydrogen-bond donors (Lipinski definition) is 6. The van der Waals surface area contributed by atoms with E-state index in [9.17, 15) is 35.1 Å². The second-order valence-corrected chi connectivity index (χ2v) is 10.2. The van der Waals surface area contributed by atoms with Gasteiger partial charge in [-0.1, -0.05) is 12.1 Å². The molecule has 0 bridgehead atoms. The first-order valence-corrected chi connectivity index (χ1v) is 11.5. The second-order valence-electron chi connectivity index (χ2n) is 8.96. The maximum Gasteiger partial charge on any atom is 0.333 e. The van der Waals surface area contributed by atoms with Crippen molar-refractivity contribution in [2.75, 3.05) is 5.75 Å². The van der Waals surface area contributed by atoms with Crippen LogP contribution in [-0.2, 0) is 15.1 Å². The SMILES string of the molecule is O=C1C[C@@H](SCC(O)C(=O)O)[C@]2(O)c3c(ccc(O)c31)-c1ccc(O)c3c1[C@H]2[C@H]1O[C@H]1[C@H]3O. The summed E-state index contributed by atoms with van der Waals surface area (Å²) in [5.41, 5.74) is 0.347. The lowest BCUT2D eigenvalue weighted by Gasteiger charge is -2.51. The van der Waals surface area contributed by atoms with Crippen molar-refractivity contribution in [2.24, 2.45) is 0 Å². The number of aliphatic carboxylic acids is 1. The molecule has 1 aliphatic heterocycles. The molecule has 4 aliphatic rings. The molecule has 0 spiro atoms. The molecule has 1 unspecified atom stereocenters. The number of aromatic hydroxyl groups is 2. The average Bonchev–Trinajstić information content (AvgIpc) is 3.56. The summed E-state index contributed by atoms with van der Waals surface area (Å²) in [6.45, 7) is 0. The van der Waals surface area contributed by atoms with Crippen LogP contribution in [0.4, 0.5) is 0 Å². The van der Waals surface area contributed by atoms with Gasteiger partial charge in [0.2, 0.25) is 0 Å². The summed E-state index contributed by atoms with van der Waals surface area (Å²) in [7, 11) is 0. The Kier molecular flexibility index (Phi) is 4.26. The second kappa shape index (κ2) is 6.71. The van der Waals surface area contributed by atoms with Gasteiger partial charge in [0, 0.05) is 34.5 Å². The maximum absolute atomic E-state index is 13.1. The summed E-state index contributed by atoms with van der Waals surface area (Å²) in [5, 5.41) is 62.4. The van der Waals surface area contributed by atoms with Gasteiger partial charge in [0.1, 0.15) is 29.3 Å². The third-order valence-electron chi connectivity index (χ3n) is 7.30. The topological polar surface area (TPSA) is 168 Å². The molecule has 2 aromatic carbocycles. The fourth-order valence-corrected chi connectivity index (χ4v) is 7.23. The van der Waals surface area contributed by atoms with Crippen molar-refractivity contribution in [2.45, 2.75) is 47.6 Å². The molecule has 0 amide bonds. The molecule has 7 atom stereocenters. The molecule has 0 radical (unpaired) electrons. The number of epoxide rings is 1. The fraction of sp³-hybridized carbons (Fsp3) is 0.391. The van der Waals surface area contributed by atoms with Crippen molar-refractivity contribution in [3.63, 3.8) is 0 Å². The number of carbonyl (C=O) groups excluding carboxylic acids is 1. The van der Waals surface area contributed by atoms with Crippen LogP contribution in [0.15, 0.2) is 24.3 Å². The van der Waals surface area contributed by atoms with Crippen molar-refractivity contribution in [3.05, 3.63) is 46.5 Å². The number of fused-ring (bicyclic) bond motifs is 4. The van der Waals surface area contributed by atoms with E-state index < -0.39 is 52.9 Å². The zero-order valence-electron chi connectivity index (χ0n) is 17.0. The highest BCUT2D eigenvalue weighted by molar-refractivity contribution is 8.00. The van der Waals surface area contributed by atoms with E-state index in [1.54, 1.807) is 12.1 Å². The molecule has 172 valence electrons. The van der Waals surface area contributed by atoms with Gasteiger partial charge in [-0.15, -0.1) is 0 Å². The minimum Gasteiger partial charge on any atom is -0.508 e. The van der Waals surface area contributed by atoms with Crippen molar-refractivity contribution in [1.29, 1.82) is 0 Å². The van der Waals surface area contributed by atoms with Crippen LogP contribution in [0.2, 0.25) is 0 Å². The number of Topliss-reactive ketones (excluding diaryl/α,β-unsaturated/α-hetero) is 1. The molecule has 33 heavy (non-hydrogen) atoms. The Morgan fingerprint density at radius 3 is 2.55 bits per heavy atom. The smallest absolute Gasteiger partial charge is 0.333 e. The van der Waals surface area contributed by atoms with E-state index in [1.165, 1.54) is 12.1 Å². The van der Waals surface area contributed by atoms with Crippen molar-refractivity contribution >= 4 is 23.5 Å². The minimum atomic E-state index is -1.78. The van der Waals surface area contributed by atoms with E-state index in [-0.39, 0.29) is 40.4 Å². The standard InChI is InChI=1S/C23H20O9S/c24-9-4-2-8-7-1-3-10(25)16-14(7)18(20-21(32-20)19(16)28)23(31)13(33-6-12(27)22(29)30)5-11(26)15(9)17(8)23/h1-4,12-13,18-21,24-25,27-28,31H,5-6H2,(H,29,30)/t12?,13-,18+,19+,20-,21+,23+/m1/s1. The number of carboxylic acid groups (broad SMARTS) is 1. The largest absolute Gasteiger partial charge is 0.508 e. The first-order valence-electron chi connectivity index (χ1n) is 10.5. The number of phenols is 2. The number of ether oxygens (including phenoxy) is 1. The van der Waals surface area contributed by atoms with Gasteiger partial charge in [0.25, 0.3) is 0 Å². The summed E-state index contributed by atoms with van der Waals surface area (Å²) in [4.78, 5) is 24.2. The van der Waals surface area contributed by atoms with E-state index in [4.69, 9.17) is 9.84 Å². The number of carbonyl (C=O) groups is 2. The predicted molar refractivity (Wildman–Crippen MR) is 114 cm³/mol. The van der Waals surface area contributed by atoms with Crippen LogP contribution in [0.5, 0.6) is 11.5 Å². The molecule has 0 aromatic heterocycles. The first kappa shape index (κ1) is 20.9. The van der Waals surface area contributed by atoms with Crippen molar-refractivity contribution in [3.8, 4) is 22.6 Å². The zero-order valence-corrected chi connectivity index (χ0v) is 17.8. The number of hydrogen-bond acceptors (Lipinski definition) is 9. The number of ketones is 1. The monoisotopic (exact) mass is 472 g/mol. The van der Waals surface area contributed by atoms with Gasteiger partial charge in [-0.25, -0.2) is 4.79 Å². The molecule has 1 heterocycles. The molecule has 1 fully saturated rings. The van der Waals surface area contributed by atoms with Crippen molar-refractivity contribution in [1.82, 2.24) is 0 Å². The lowest BCUT2D eigenvalue weighted by molar-refractivity contribution is -0.145. The summed E-state index contributed by atoms with van der Waals surface area (Å²) in [6, 6.07) is 6.06. The lowest BCUT2D eigenvalue weighted by atomic mass is 9.58. The molecule has 3 aliphatic carbocycles. The molecule has 2 aromatic rings. The summed E-state index contributed by atoms with van der Waals surface area (Å²) in [5.74, 6) is -3.25. The van der Waals surface area contributed by atoms with Gasteiger partial charge in [-0.05, 0) is 28.8 Å². The van der Waals surface area contributed by atoms with Crippen LogP contribution in [-0.4, -0.2) is 71.7 Å². The van der Waals surface area contributed by atoms with Crippen LogP contribution in [0.3, 0.4) is 0 Å². The van der Waals surface area contributed by atoms with E-state index in [0.717, 1.165) is 11.8 Å². The van der Waals surface area contributed by atoms with Crippen LogP contribution >= 0.6 is 11.8 Å². The highest BCUT2D eigenvalue weighted by Crippen LogP contribution is 2.67.